The van der Waals surface area contributed by atoms with Crippen LogP contribution in [0.5, 0.6) is 0 Å². The second-order valence-electron chi connectivity index (χ2n) is 9.32. The van der Waals surface area contributed by atoms with Crippen molar-refractivity contribution in [1.82, 2.24) is 19.9 Å². The first-order chi connectivity index (χ1) is 17.6. The predicted molar refractivity (Wildman–Crippen MR) is 148 cm³/mol. The van der Waals surface area contributed by atoms with Crippen LogP contribution in [0.15, 0.2) is 43.5 Å². The number of nitrogens with zero attached hydrogens (tertiary/aromatic N) is 6. The van der Waals surface area contributed by atoms with Crippen LogP contribution in [-0.4, -0.2) is 43.0 Å². The predicted octanol–water partition coefficient (Wildman–Crippen LogP) is 5.99. The second-order valence-corrected chi connectivity index (χ2v) is 9.32. The molecule has 2 N–H and O–H groups in total. The molecule has 0 saturated carbocycles. The lowest BCUT2D eigenvalue weighted by Gasteiger charge is -1.99. The van der Waals surface area contributed by atoms with E-state index < -0.39 is 0 Å². The number of aliphatic imine (C=N–C) groups is 4. The highest BCUT2D eigenvalue weighted by molar-refractivity contribution is 6.18. The molecule has 8 nitrogen and oxygen atoms in total. The first kappa shape index (κ1) is 24.0. The van der Waals surface area contributed by atoms with E-state index >= 15 is 0 Å². The van der Waals surface area contributed by atoms with Gasteiger partial charge in [0, 0.05) is 11.4 Å². The van der Waals surface area contributed by atoms with Crippen LogP contribution in [0.2, 0.25) is 0 Å². The number of rotatable bonds is 8. The minimum absolute atomic E-state index is 0.638. The lowest BCUT2D eigenvalue weighted by molar-refractivity contribution is 0.887. The highest BCUT2D eigenvalue weighted by Crippen LogP contribution is 2.24. The molecule has 5 rings (SSSR count). The van der Waals surface area contributed by atoms with Crippen LogP contribution in [0.4, 0.5) is 0 Å². The molecule has 8 heteroatoms. The maximum Gasteiger partial charge on any atom is 0.196 e. The molecule has 0 radical (unpaired) electrons. The molecule has 0 fully saturated rings. The number of allylic oxidation sites excluding steroid dienone is 4. The van der Waals surface area contributed by atoms with Gasteiger partial charge in [-0.2, -0.15) is 0 Å². The zero-order valence-electron chi connectivity index (χ0n) is 21.6. The molecule has 2 aromatic rings. The van der Waals surface area contributed by atoms with Crippen LogP contribution >= 0.6 is 0 Å². The average Bonchev–Trinajstić information content (AvgIpc) is 3.63. The zero-order valence-corrected chi connectivity index (χ0v) is 21.6. The van der Waals surface area contributed by atoms with Crippen molar-refractivity contribution >= 4 is 35.2 Å². The Morgan fingerprint density at radius 1 is 0.556 bits per heavy atom. The molecule has 2 aromatic heterocycles. The number of aromatic nitrogens is 4. The number of aryl methyl sites for hydroxylation is 2. The fraction of sp³-hybridized carbons (Fsp3) is 0.429. The van der Waals surface area contributed by atoms with Gasteiger partial charge in [0.15, 0.2) is 23.3 Å². The Balaban J connectivity index is 1.69. The van der Waals surface area contributed by atoms with Gasteiger partial charge in [-0.1, -0.05) is 53.4 Å². The Morgan fingerprint density at radius 3 is 1.36 bits per heavy atom. The van der Waals surface area contributed by atoms with E-state index in [4.69, 9.17) is 29.9 Å². The van der Waals surface area contributed by atoms with E-state index in [0.29, 0.717) is 23.3 Å². The van der Waals surface area contributed by atoms with Crippen molar-refractivity contribution in [2.45, 2.75) is 79.1 Å². The van der Waals surface area contributed by atoms with E-state index in [9.17, 15) is 0 Å². The number of hydrogen-bond acceptors (Lipinski definition) is 6. The van der Waals surface area contributed by atoms with Gasteiger partial charge in [-0.3, -0.25) is 0 Å². The molecule has 0 unspecified atom stereocenters. The Morgan fingerprint density at radius 2 is 0.972 bits per heavy atom. The molecule has 0 atom stereocenters. The van der Waals surface area contributed by atoms with Gasteiger partial charge >= 0.3 is 0 Å². The summed E-state index contributed by atoms with van der Waals surface area (Å²) in [6, 6.07) is 0. The van der Waals surface area contributed by atoms with Crippen molar-refractivity contribution in [3.05, 3.63) is 58.0 Å². The molecule has 0 aromatic carbocycles. The fourth-order valence-electron chi connectivity index (χ4n) is 4.63. The first-order valence-electron chi connectivity index (χ1n) is 13.2. The molecular formula is C28H34N8. The molecule has 0 amide bonds. The molecule has 186 valence electrons. The van der Waals surface area contributed by atoms with E-state index in [2.05, 4.69) is 37.7 Å². The summed E-state index contributed by atoms with van der Waals surface area (Å²) < 4.78 is 0. The SMILES string of the molecule is CCCC1=NC2=NC1=CC=C1N=C(N=C1CCC)c1nc(c(CCC)[nH]1)C=Cc1nc2[nH]c1CCC. The number of hydrogen-bond donors (Lipinski definition) is 2. The number of imidazole rings is 2. The molecular weight excluding hydrogens is 448 g/mol. The van der Waals surface area contributed by atoms with Gasteiger partial charge in [-0.15, -0.1) is 0 Å². The van der Waals surface area contributed by atoms with E-state index in [0.717, 1.165) is 97.0 Å². The summed E-state index contributed by atoms with van der Waals surface area (Å²) in [6.07, 6.45) is 15.7. The summed E-state index contributed by atoms with van der Waals surface area (Å²) in [5, 5.41) is 0. The van der Waals surface area contributed by atoms with Gasteiger partial charge in [0.25, 0.3) is 0 Å². The summed E-state index contributed by atoms with van der Waals surface area (Å²) in [5.74, 6) is 2.69. The van der Waals surface area contributed by atoms with Crippen molar-refractivity contribution in [3.63, 3.8) is 0 Å². The number of aromatic amines is 2. The molecule has 36 heavy (non-hydrogen) atoms. The fourth-order valence-corrected chi connectivity index (χ4v) is 4.63. The van der Waals surface area contributed by atoms with Crippen LogP contribution in [0.1, 0.15) is 101 Å². The molecule has 0 spiro atoms. The molecule has 0 saturated heterocycles. The van der Waals surface area contributed by atoms with Crippen LogP contribution in [0.3, 0.4) is 0 Å². The third-order valence-electron chi connectivity index (χ3n) is 6.34. The second kappa shape index (κ2) is 10.5. The van der Waals surface area contributed by atoms with Crippen molar-refractivity contribution in [3.8, 4) is 0 Å². The molecule has 5 heterocycles. The average molecular weight is 483 g/mol. The summed E-state index contributed by atoms with van der Waals surface area (Å²) in [7, 11) is 0. The largest absolute Gasteiger partial charge is 0.339 e. The first-order valence-corrected chi connectivity index (χ1v) is 13.2. The quantitative estimate of drug-likeness (QED) is 0.482. The van der Waals surface area contributed by atoms with Crippen molar-refractivity contribution in [2.75, 3.05) is 0 Å². The smallest absolute Gasteiger partial charge is 0.196 e. The molecule has 3 aliphatic heterocycles. The van der Waals surface area contributed by atoms with Crippen molar-refractivity contribution in [2.24, 2.45) is 20.0 Å². The minimum atomic E-state index is 0.638. The molecule has 8 bridgehead atoms. The minimum Gasteiger partial charge on any atom is -0.339 e. The van der Waals surface area contributed by atoms with Crippen LogP contribution in [0.25, 0.3) is 12.2 Å². The summed E-state index contributed by atoms with van der Waals surface area (Å²) in [6.45, 7) is 8.66. The van der Waals surface area contributed by atoms with Gasteiger partial charge < -0.3 is 9.97 Å². The van der Waals surface area contributed by atoms with Crippen LogP contribution < -0.4 is 0 Å². The highest BCUT2D eigenvalue weighted by Gasteiger charge is 2.23. The maximum absolute atomic E-state index is 4.90. The normalized spacial score (nSPS) is 16.4. The van der Waals surface area contributed by atoms with Crippen molar-refractivity contribution < 1.29 is 0 Å². The Bertz CT molecular complexity index is 1270. The number of nitrogens with one attached hydrogen (secondary N) is 2. The highest BCUT2D eigenvalue weighted by atomic mass is 15.1. The van der Waals surface area contributed by atoms with Crippen molar-refractivity contribution in [1.29, 1.82) is 0 Å². The Kier molecular flexibility index (Phi) is 7.02. The summed E-state index contributed by atoms with van der Waals surface area (Å²) in [4.78, 5) is 36.3. The topological polar surface area (TPSA) is 107 Å². The number of amidine groups is 2. The summed E-state index contributed by atoms with van der Waals surface area (Å²) in [5.41, 5.74) is 7.68. The van der Waals surface area contributed by atoms with E-state index in [1.54, 1.807) is 0 Å². The summed E-state index contributed by atoms with van der Waals surface area (Å²) >= 11 is 0. The van der Waals surface area contributed by atoms with E-state index in [-0.39, 0.29) is 0 Å². The molecule has 3 aliphatic rings. The van der Waals surface area contributed by atoms with E-state index in [1.165, 1.54) is 0 Å². The van der Waals surface area contributed by atoms with Gasteiger partial charge in [-0.05, 0) is 50.0 Å². The van der Waals surface area contributed by atoms with Crippen LogP contribution in [-0.2, 0) is 12.8 Å². The Hall–Kier alpha value is -3.68. The van der Waals surface area contributed by atoms with Crippen LogP contribution in [0, 0.1) is 0 Å². The lowest BCUT2D eigenvalue weighted by atomic mass is 10.1. The Labute approximate surface area is 212 Å². The van der Waals surface area contributed by atoms with E-state index in [1.807, 2.05) is 24.3 Å². The number of fused-ring (bicyclic) bond motifs is 8. The third kappa shape index (κ3) is 4.72. The monoisotopic (exact) mass is 482 g/mol. The van der Waals surface area contributed by atoms with Gasteiger partial charge in [-0.25, -0.2) is 29.9 Å². The van der Waals surface area contributed by atoms with Gasteiger partial charge in [0.1, 0.15) is 0 Å². The third-order valence-corrected chi connectivity index (χ3v) is 6.34. The van der Waals surface area contributed by atoms with Gasteiger partial charge in [0.05, 0.1) is 34.2 Å². The standard InChI is InChI=1S/C28H34N8/c1-5-9-17-21-13-14-22-18(10-6-2)31-27(35-22)28-32-20(12-8-4)24(36-28)16-15-23-19(11-7-3)30-26(34-23)25(29-17)33-21/h13-16H,5-12H2,1-4H3,(H,29,33)(H,31,35). The maximum atomic E-state index is 4.90. The molecule has 0 aliphatic carbocycles. The zero-order chi connectivity index (χ0) is 25.1. The van der Waals surface area contributed by atoms with Gasteiger partial charge in [0.2, 0.25) is 0 Å². The number of H-pyrrole nitrogens is 2. The lowest BCUT2D eigenvalue weighted by Crippen LogP contribution is -2.00.